The monoisotopic (exact) mass is 293 g/mol. The number of ketones is 1. The molecule has 0 amide bonds. The Labute approximate surface area is 107 Å². The van der Waals surface area contributed by atoms with Gasteiger partial charge in [0.15, 0.2) is 0 Å². The van der Waals surface area contributed by atoms with Gasteiger partial charge in [0.2, 0.25) is 0 Å². The molecule has 0 aromatic heterocycles. The van der Waals surface area contributed by atoms with Crippen molar-refractivity contribution in [2.24, 2.45) is 0 Å². The van der Waals surface area contributed by atoms with E-state index in [1.807, 2.05) is 31.1 Å². The fraction of sp³-hybridized carbons (Fsp3) is 0.357. The Morgan fingerprint density at radius 1 is 1.12 bits per heavy atom. The van der Waals surface area contributed by atoms with Crippen molar-refractivity contribution < 1.29 is 4.79 Å². The maximum atomic E-state index is 11.8. The molecule has 0 heterocycles. The van der Waals surface area contributed by atoms with Crippen molar-refractivity contribution in [1.29, 1.82) is 0 Å². The van der Waals surface area contributed by atoms with Gasteiger partial charge in [-0.3, -0.25) is 0 Å². The normalized spacial score (nSPS) is 11.8. The van der Waals surface area contributed by atoms with Gasteiger partial charge in [-0.15, -0.1) is 0 Å². The summed E-state index contributed by atoms with van der Waals surface area (Å²) in [7, 11) is 3.81. The predicted molar refractivity (Wildman–Crippen MR) is 76.6 cm³/mol. The Bertz CT molecular complexity index is 413. The Hall–Kier alpha value is -1.03. The molecule has 92 valence electrons. The Morgan fingerprint density at radius 2 is 1.65 bits per heavy atom. The van der Waals surface area contributed by atoms with E-state index >= 15 is 0 Å². The van der Waals surface area contributed by atoms with Gasteiger partial charge in [-0.1, -0.05) is 0 Å². The third-order valence-electron chi connectivity index (χ3n) is 2.56. The van der Waals surface area contributed by atoms with E-state index in [9.17, 15) is 4.79 Å². The molecule has 2 nitrogen and oxygen atoms in total. The second-order valence-corrected chi connectivity index (χ2v) is 16.1. The van der Waals surface area contributed by atoms with Crippen molar-refractivity contribution in [3.05, 3.63) is 42.1 Å². The first kappa shape index (κ1) is 14.0. The van der Waals surface area contributed by atoms with Gasteiger partial charge in [-0.05, 0) is 0 Å². The van der Waals surface area contributed by atoms with Crippen molar-refractivity contribution >= 4 is 23.4 Å². The van der Waals surface area contributed by atoms with Gasteiger partial charge in [0, 0.05) is 0 Å². The molecule has 0 spiro atoms. The standard InChI is InChI=1S/C14H21GeNO/c1-15(2,3)13-8-6-12(7-9-13)14(17)10-11-16(4)5/h6-11H,1-5H3. The average Bonchev–Trinajstić information content (AvgIpc) is 2.25. The first-order valence-electron chi connectivity index (χ1n) is 5.80. The Morgan fingerprint density at radius 3 is 2.06 bits per heavy atom. The molecule has 17 heavy (non-hydrogen) atoms. The summed E-state index contributed by atoms with van der Waals surface area (Å²) >= 11 is -1.75. The summed E-state index contributed by atoms with van der Waals surface area (Å²) in [6.07, 6.45) is 3.38. The van der Waals surface area contributed by atoms with Gasteiger partial charge in [-0.25, -0.2) is 0 Å². The maximum absolute atomic E-state index is 11.8. The van der Waals surface area contributed by atoms with Crippen molar-refractivity contribution in [1.82, 2.24) is 4.90 Å². The molecular formula is C14H21GeNO. The molecule has 1 aromatic rings. The first-order valence-corrected chi connectivity index (χ1v) is 13.1. The number of nitrogens with zero attached hydrogens (tertiary/aromatic N) is 1. The van der Waals surface area contributed by atoms with Gasteiger partial charge >= 0.3 is 107 Å². The van der Waals surface area contributed by atoms with Gasteiger partial charge in [0.25, 0.3) is 0 Å². The van der Waals surface area contributed by atoms with E-state index in [2.05, 4.69) is 29.4 Å². The summed E-state index contributed by atoms with van der Waals surface area (Å²) in [6.45, 7) is 0. The van der Waals surface area contributed by atoms with Crippen LogP contribution in [0.5, 0.6) is 0 Å². The van der Waals surface area contributed by atoms with E-state index in [-0.39, 0.29) is 5.78 Å². The zero-order valence-corrected chi connectivity index (χ0v) is 13.4. The van der Waals surface area contributed by atoms with E-state index in [0.29, 0.717) is 0 Å². The molecule has 0 N–H and O–H groups in total. The van der Waals surface area contributed by atoms with Crippen molar-refractivity contribution in [3.63, 3.8) is 0 Å². The first-order chi connectivity index (χ1) is 7.80. The fourth-order valence-corrected chi connectivity index (χ4v) is 3.90. The molecule has 0 unspecified atom stereocenters. The number of carbonyl (C=O) groups excluding carboxylic acids is 1. The number of hydrogen-bond acceptors (Lipinski definition) is 2. The molecule has 3 heteroatoms. The second-order valence-electron chi connectivity index (χ2n) is 5.47. The summed E-state index contributed by atoms with van der Waals surface area (Å²) in [5.74, 6) is 7.11. The van der Waals surface area contributed by atoms with Crippen LogP contribution in [0.3, 0.4) is 0 Å². The molecule has 0 aliphatic carbocycles. The quantitative estimate of drug-likeness (QED) is 0.483. The van der Waals surface area contributed by atoms with Crippen LogP contribution in [0, 0.1) is 0 Å². The van der Waals surface area contributed by atoms with Crippen molar-refractivity contribution in [2.75, 3.05) is 14.1 Å². The number of hydrogen-bond donors (Lipinski definition) is 0. The molecule has 0 aliphatic heterocycles. The molecule has 0 saturated carbocycles. The van der Waals surface area contributed by atoms with Crippen molar-refractivity contribution in [2.45, 2.75) is 17.3 Å². The van der Waals surface area contributed by atoms with Crippen LogP contribution in [0.25, 0.3) is 0 Å². The second kappa shape index (κ2) is 5.54. The minimum atomic E-state index is -1.75. The van der Waals surface area contributed by atoms with Crippen LogP contribution in [0.4, 0.5) is 0 Å². The van der Waals surface area contributed by atoms with E-state index in [0.717, 1.165) is 5.56 Å². The molecule has 0 atom stereocenters. The van der Waals surface area contributed by atoms with Gasteiger partial charge in [0.1, 0.15) is 0 Å². The van der Waals surface area contributed by atoms with E-state index in [4.69, 9.17) is 0 Å². The third-order valence-corrected chi connectivity index (χ3v) is 6.89. The van der Waals surface area contributed by atoms with Crippen molar-refractivity contribution in [3.8, 4) is 0 Å². The van der Waals surface area contributed by atoms with Crippen LogP contribution in [0.2, 0.25) is 17.3 Å². The molecular weight excluding hydrogens is 271 g/mol. The van der Waals surface area contributed by atoms with Gasteiger partial charge < -0.3 is 0 Å². The summed E-state index contributed by atoms with van der Waals surface area (Å²) in [5.41, 5.74) is 0.763. The third kappa shape index (κ3) is 4.38. The van der Waals surface area contributed by atoms with E-state index < -0.39 is 13.3 Å². The van der Waals surface area contributed by atoms with Gasteiger partial charge in [-0.2, -0.15) is 0 Å². The zero-order chi connectivity index (χ0) is 13.1. The van der Waals surface area contributed by atoms with Crippen LogP contribution in [-0.4, -0.2) is 38.0 Å². The fourth-order valence-electron chi connectivity index (χ4n) is 1.45. The zero-order valence-electron chi connectivity index (χ0n) is 11.3. The minimum absolute atomic E-state index is 0.0617. The molecule has 0 radical (unpaired) electrons. The summed E-state index contributed by atoms with van der Waals surface area (Å²) < 4.78 is 1.43. The van der Waals surface area contributed by atoms with Crippen LogP contribution >= 0.6 is 0 Å². The van der Waals surface area contributed by atoms with E-state index in [1.165, 1.54) is 4.40 Å². The van der Waals surface area contributed by atoms with Crippen LogP contribution in [-0.2, 0) is 0 Å². The molecule has 0 fully saturated rings. The molecule has 0 aliphatic rings. The van der Waals surface area contributed by atoms with Crippen LogP contribution in [0.1, 0.15) is 10.4 Å². The van der Waals surface area contributed by atoms with Crippen LogP contribution in [0.15, 0.2) is 36.5 Å². The number of carbonyl (C=O) groups is 1. The molecule has 1 rings (SSSR count). The Balaban J connectivity index is 2.85. The van der Waals surface area contributed by atoms with Crippen LogP contribution < -0.4 is 4.40 Å². The summed E-state index contributed by atoms with van der Waals surface area (Å²) in [6, 6.07) is 8.09. The van der Waals surface area contributed by atoms with E-state index in [1.54, 1.807) is 12.3 Å². The number of benzene rings is 1. The SMILES string of the molecule is CN(C)C=CC(=O)c1cc[c]([Ge]([CH3])([CH3])[CH3])cc1. The average molecular weight is 292 g/mol. The molecule has 1 aromatic carbocycles. The Kier molecular flexibility index (Phi) is 4.57. The number of allylic oxidation sites excluding steroid dienone is 1. The predicted octanol–water partition coefficient (Wildman–Crippen LogP) is 2.49. The summed E-state index contributed by atoms with van der Waals surface area (Å²) in [4.78, 5) is 13.7. The number of rotatable bonds is 4. The summed E-state index contributed by atoms with van der Waals surface area (Å²) in [5, 5.41) is 0. The molecule has 0 saturated heterocycles. The topological polar surface area (TPSA) is 20.3 Å². The molecule has 0 bridgehead atoms. The van der Waals surface area contributed by atoms with Gasteiger partial charge in [0.05, 0.1) is 0 Å².